The zero-order valence-electron chi connectivity index (χ0n) is 16.0. The normalized spacial score (nSPS) is 11.9. The molecule has 0 spiro atoms. The van der Waals surface area contributed by atoms with E-state index in [4.69, 9.17) is 0 Å². The molecule has 8 nitrogen and oxygen atoms in total. The molecule has 2 N–H and O–H groups in total. The highest BCUT2D eigenvalue weighted by Gasteiger charge is 2.20. The lowest BCUT2D eigenvalue weighted by molar-refractivity contribution is -0.115. The van der Waals surface area contributed by atoms with E-state index in [2.05, 4.69) is 25.8 Å². The van der Waals surface area contributed by atoms with Gasteiger partial charge in [0.05, 0.1) is 23.1 Å². The van der Waals surface area contributed by atoms with E-state index in [9.17, 15) is 14.0 Å². The van der Waals surface area contributed by atoms with Crippen molar-refractivity contribution in [2.24, 2.45) is 7.05 Å². The molecular weight excluding hydrogens is 415 g/mol. The second-order valence-electron chi connectivity index (χ2n) is 6.16. The highest BCUT2D eigenvalue weighted by Crippen LogP contribution is 2.23. The van der Waals surface area contributed by atoms with Gasteiger partial charge in [-0.15, -0.1) is 21.5 Å². The molecule has 152 valence electrons. The summed E-state index contributed by atoms with van der Waals surface area (Å²) in [5, 5.41) is 16.0. The van der Waals surface area contributed by atoms with Crippen LogP contribution >= 0.6 is 23.1 Å². The Balaban J connectivity index is 1.58. The monoisotopic (exact) mass is 434 g/mol. The number of thiazole rings is 1. The molecule has 0 radical (unpaired) electrons. The number of amides is 2. The highest BCUT2D eigenvalue weighted by atomic mass is 32.2. The van der Waals surface area contributed by atoms with Crippen LogP contribution in [-0.2, 0) is 18.4 Å². The summed E-state index contributed by atoms with van der Waals surface area (Å²) in [6.45, 7) is 3.70. The first-order valence-electron chi connectivity index (χ1n) is 8.65. The number of halogens is 1. The average Bonchev–Trinajstić information content (AvgIpc) is 3.25. The summed E-state index contributed by atoms with van der Waals surface area (Å²) in [6, 6.07) is 5.75. The Hall–Kier alpha value is -2.79. The minimum absolute atomic E-state index is 0.0352. The minimum Gasteiger partial charge on any atom is -0.345 e. The van der Waals surface area contributed by atoms with Crippen LogP contribution in [0.1, 0.15) is 28.8 Å². The summed E-state index contributed by atoms with van der Waals surface area (Å²) in [4.78, 5) is 28.7. The van der Waals surface area contributed by atoms with Crippen molar-refractivity contribution in [2.45, 2.75) is 30.8 Å². The first kappa shape index (κ1) is 20.9. The minimum atomic E-state index is -0.588. The number of hydrogen-bond donors (Lipinski definition) is 2. The van der Waals surface area contributed by atoms with Crippen LogP contribution in [0.2, 0.25) is 0 Å². The van der Waals surface area contributed by atoms with Gasteiger partial charge in [-0.25, -0.2) is 9.37 Å². The van der Waals surface area contributed by atoms with Gasteiger partial charge in [-0.2, -0.15) is 0 Å². The van der Waals surface area contributed by atoms with Crippen LogP contribution < -0.4 is 10.6 Å². The second-order valence-corrected chi connectivity index (χ2v) is 8.33. The van der Waals surface area contributed by atoms with Gasteiger partial charge in [-0.1, -0.05) is 23.9 Å². The number of rotatable bonds is 7. The van der Waals surface area contributed by atoms with E-state index < -0.39 is 17.0 Å². The molecule has 0 aliphatic carbocycles. The molecule has 2 heterocycles. The lowest BCUT2D eigenvalue weighted by Crippen LogP contribution is -2.25. The quantitative estimate of drug-likeness (QED) is 0.555. The van der Waals surface area contributed by atoms with Crippen LogP contribution in [0.25, 0.3) is 0 Å². The Morgan fingerprint density at radius 1 is 1.31 bits per heavy atom. The summed E-state index contributed by atoms with van der Waals surface area (Å²) in [5.41, 5.74) is 0.813. The lowest BCUT2D eigenvalue weighted by atomic mass is 10.2. The summed E-state index contributed by atoms with van der Waals surface area (Å²) >= 11 is 2.60. The fourth-order valence-electron chi connectivity index (χ4n) is 2.33. The van der Waals surface area contributed by atoms with Gasteiger partial charge < -0.3 is 15.2 Å². The Labute approximate surface area is 174 Å². The van der Waals surface area contributed by atoms with Crippen LogP contribution in [-0.4, -0.2) is 36.8 Å². The molecule has 0 saturated heterocycles. The Morgan fingerprint density at radius 2 is 2.07 bits per heavy atom. The molecule has 3 rings (SSSR count). The van der Waals surface area contributed by atoms with Crippen molar-refractivity contribution in [1.29, 1.82) is 0 Å². The molecular formula is C18H19FN6O2S2. The fraction of sp³-hybridized carbons (Fsp3) is 0.278. The smallest absolute Gasteiger partial charge is 0.254 e. The van der Waals surface area contributed by atoms with Crippen LogP contribution in [0.15, 0.2) is 34.8 Å². The van der Waals surface area contributed by atoms with Crippen molar-refractivity contribution in [3.05, 3.63) is 52.5 Å². The second kappa shape index (κ2) is 9.14. The van der Waals surface area contributed by atoms with Crippen molar-refractivity contribution in [1.82, 2.24) is 25.1 Å². The maximum absolute atomic E-state index is 13.7. The molecule has 0 saturated carbocycles. The largest absolute Gasteiger partial charge is 0.345 e. The third kappa shape index (κ3) is 5.18. The number of nitrogens with one attached hydrogen (secondary N) is 2. The molecule has 0 bridgehead atoms. The van der Waals surface area contributed by atoms with Crippen LogP contribution in [0.4, 0.5) is 9.52 Å². The molecule has 0 unspecified atom stereocenters. The molecule has 29 heavy (non-hydrogen) atoms. The van der Waals surface area contributed by atoms with E-state index in [0.29, 0.717) is 16.1 Å². The average molecular weight is 435 g/mol. The summed E-state index contributed by atoms with van der Waals surface area (Å²) in [6.07, 6.45) is 0. The van der Waals surface area contributed by atoms with E-state index in [1.165, 1.54) is 41.3 Å². The van der Waals surface area contributed by atoms with Crippen LogP contribution in [0.5, 0.6) is 0 Å². The maximum atomic E-state index is 13.7. The van der Waals surface area contributed by atoms with Crippen molar-refractivity contribution >= 4 is 40.0 Å². The summed E-state index contributed by atoms with van der Waals surface area (Å²) < 4.78 is 15.4. The van der Waals surface area contributed by atoms with Crippen LogP contribution in [0.3, 0.4) is 0 Å². The van der Waals surface area contributed by atoms with Gasteiger partial charge in [0.2, 0.25) is 5.91 Å². The van der Waals surface area contributed by atoms with Crippen molar-refractivity contribution in [3.8, 4) is 0 Å². The predicted molar refractivity (Wildman–Crippen MR) is 109 cm³/mol. The molecule has 11 heteroatoms. The molecule has 0 aliphatic heterocycles. The van der Waals surface area contributed by atoms with Gasteiger partial charge in [0.25, 0.3) is 5.91 Å². The van der Waals surface area contributed by atoms with Crippen LogP contribution in [0, 0.1) is 12.7 Å². The van der Waals surface area contributed by atoms with E-state index >= 15 is 0 Å². The Morgan fingerprint density at radius 3 is 2.76 bits per heavy atom. The van der Waals surface area contributed by atoms with E-state index in [-0.39, 0.29) is 18.0 Å². The van der Waals surface area contributed by atoms with Crippen molar-refractivity contribution < 1.29 is 14.0 Å². The van der Waals surface area contributed by atoms with Gasteiger partial charge >= 0.3 is 0 Å². The lowest BCUT2D eigenvalue weighted by Gasteiger charge is -2.10. The molecule has 2 amide bonds. The van der Waals surface area contributed by atoms with Gasteiger partial charge in [0, 0.05) is 12.4 Å². The number of aryl methyl sites for hydroxylation is 1. The van der Waals surface area contributed by atoms with Crippen molar-refractivity contribution in [3.63, 3.8) is 0 Å². The molecule has 1 atom stereocenters. The molecule has 0 fully saturated rings. The fourth-order valence-corrected chi connectivity index (χ4v) is 3.86. The maximum Gasteiger partial charge on any atom is 0.254 e. The van der Waals surface area contributed by atoms with Gasteiger partial charge in [0.15, 0.2) is 16.1 Å². The zero-order valence-corrected chi connectivity index (χ0v) is 17.6. The molecule has 2 aromatic heterocycles. The van der Waals surface area contributed by atoms with Crippen molar-refractivity contribution in [2.75, 3.05) is 5.32 Å². The van der Waals surface area contributed by atoms with Gasteiger partial charge in [0.1, 0.15) is 5.82 Å². The molecule has 3 aromatic rings. The van der Waals surface area contributed by atoms with Gasteiger partial charge in [-0.3, -0.25) is 9.59 Å². The Kier molecular flexibility index (Phi) is 6.60. The standard InChI is InChI=1S/C18H19FN6O2S2/c1-10-9-28-17(21-10)22-15(26)11(2)29-18-24-23-14(25(18)3)8-20-16(27)12-6-4-5-7-13(12)19/h4-7,9,11H,8H2,1-3H3,(H,20,27)(H,21,22,26)/t11-/m1/s1. The third-order valence-corrected chi connectivity index (χ3v) is 5.96. The number of hydrogen-bond acceptors (Lipinski definition) is 7. The number of benzene rings is 1. The number of anilines is 1. The highest BCUT2D eigenvalue weighted by molar-refractivity contribution is 8.00. The van der Waals surface area contributed by atoms with E-state index in [0.717, 1.165) is 5.69 Å². The topological polar surface area (TPSA) is 102 Å². The SMILES string of the molecule is Cc1csc(NC(=O)[C@@H](C)Sc2nnc(CNC(=O)c3ccccc3F)n2C)n1. The summed E-state index contributed by atoms with van der Waals surface area (Å²) in [7, 11) is 1.74. The number of aromatic nitrogens is 4. The number of carbonyl (C=O) groups excluding carboxylic acids is 2. The molecule has 1 aromatic carbocycles. The Bertz CT molecular complexity index is 1040. The number of thioether (sulfide) groups is 1. The number of carbonyl (C=O) groups is 2. The predicted octanol–water partition coefficient (Wildman–Crippen LogP) is 2.77. The first-order valence-corrected chi connectivity index (χ1v) is 10.4. The zero-order chi connectivity index (χ0) is 21.0. The number of nitrogens with zero attached hydrogens (tertiary/aromatic N) is 4. The van der Waals surface area contributed by atoms with Gasteiger partial charge in [-0.05, 0) is 26.0 Å². The van der Waals surface area contributed by atoms with E-state index in [1.54, 1.807) is 24.6 Å². The third-order valence-electron chi connectivity index (χ3n) is 3.95. The van der Waals surface area contributed by atoms with E-state index in [1.807, 2.05) is 12.3 Å². The first-order chi connectivity index (χ1) is 13.8. The molecule has 0 aliphatic rings. The summed E-state index contributed by atoms with van der Waals surface area (Å²) in [5.74, 6) is -0.830.